The van der Waals surface area contributed by atoms with Gasteiger partial charge in [-0.2, -0.15) is 0 Å². The van der Waals surface area contributed by atoms with E-state index >= 15 is 0 Å². The SMILES string of the molecule is CC1(C)OC(=O)N([C@H]2CC[C@H](NC(=O)c3ccccc3)CC2)[C@H]1c1ccccc1. The lowest BCUT2D eigenvalue weighted by atomic mass is 9.86. The van der Waals surface area contributed by atoms with E-state index in [0.29, 0.717) is 5.56 Å². The Hall–Kier alpha value is -2.82. The number of nitrogens with one attached hydrogen (secondary N) is 1. The Morgan fingerprint density at radius 2 is 1.55 bits per heavy atom. The second-order valence-corrected chi connectivity index (χ2v) is 8.54. The molecule has 29 heavy (non-hydrogen) atoms. The van der Waals surface area contributed by atoms with Gasteiger partial charge in [-0.15, -0.1) is 0 Å². The highest BCUT2D eigenvalue weighted by Gasteiger charge is 2.51. The van der Waals surface area contributed by atoms with Crippen LogP contribution < -0.4 is 5.32 Å². The van der Waals surface area contributed by atoms with Crippen LogP contribution >= 0.6 is 0 Å². The molecule has 0 radical (unpaired) electrons. The van der Waals surface area contributed by atoms with E-state index in [-0.39, 0.29) is 30.1 Å². The minimum atomic E-state index is -0.573. The van der Waals surface area contributed by atoms with Gasteiger partial charge in [-0.05, 0) is 57.2 Å². The maximum Gasteiger partial charge on any atom is 0.411 e. The largest absolute Gasteiger partial charge is 0.441 e. The molecule has 1 saturated carbocycles. The van der Waals surface area contributed by atoms with E-state index in [0.717, 1.165) is 31.2 Å². The maximum absolute atomic E-state index is 12.8. The Morgan fingerprint density at radius 3 is 2.17 bits per heavy atom. The molecule has 2 amide bonds. The molecule has 1 aliphatic carbocycles. The summed E-state index contributed by atoms with van der Waals surface area (Å²) < 4.78 is 5.75. The number of benzene rings is 2. The minimum absolute atomic E-state index is 0.0297. The molecule has 2 aliphatic rings. The summed E-state index contributed by atoms with van der Waals surface area (Å²) in [6.45, 7) is 3.96. The van der Waals surface area contributed by atoms with Crippen LogP contribution in [0.15, 0.2) is 60.7 Å². The predicted molar refractivity (Wildman–Crippen MR) is 112 cm³/mol. The zero-order valence-electron chi connectivity index (χ0n) is 17.0. The Kier molecular flexibility index (Phi) is 5.31. The number of rotatable bonds is 4. The molecular weight excluding hydrogens is 364 g/mol. The normalized spacial score (nSPS) is 26.1. The quantitative estimate of drug-likeness (QED) is 0.820. The number of ether oxygens (including phenoxy) is 1. The van der Waals surface area contributed by atoms with Crippen LogP contribution in [-0.2, 0) is 4.74 Å². The first-order valence-electron chi connectivity index (χ1n) is 10.4. The van der Waals surface area contributed by atoms with Crippen molar-refractivity contribution in [3.63, 3.8) is 0 Å². The van der Waals surface area contributed by atoms with Gasteiger partial charge >= 0.3 is 6.09 Å². The van der Waals surface area contributed by atoms with Crippen molar-refractivity contribution in [1.29, 1.82) is 0 Å². The highest BCUT2D eigenvalue weighted by atomic mass is 16.6. The van der Waals surface area contributed by atoms with Gasteiger partial charge in [0.25, 0.3) is 5.91 Å². The monoisotopic (exact) mass is 392 g/mol. The van der Waals surface area contributed by atoms with E-state index < -0.39 is 5.60 Å². The standard InChI is InChI=1S/C24H28N2O3/c1-24(2)21(17-9-5-3-6-10-17)26(23(28)29-24)20-15-13-19(14-16-20)25-22(27)18-11-7-4-8-12-18/h3-12,19-21H,13-16H2,1-2H3,(H,25,27)/t19-,20-,21-/m0/s1. The van der Waals surface area contributed by atoms with Crippen LogP contribution in [0.4, 0.5) is 4.79 Å². The fourth-order valence-corrected chi connectivity index (χ4v) is 4.69. The first kappa shape index (κ1) is 19.5. The Bertz CT molecular complexity index is 858. The Labute approximate surface area is 172 Å². The lowest BCUT2D eigenvalue weighted by Gasteiger charge is -2.38. The summed E-state index contributed by atoms with van der Waals surface area (Å²) in [7, 11) is 0. The maximum atomic E-state index is 12.8. The molecule has 0 spiro atoms. The van der Waals surface area contributed by atoms with Crippen molar-refractivity contribution in [1.82, 2.24) is 10.2 Å². The average molecular weight is 392 g/mol. The second kappa shape index (κ2) is 7.90. The third-order valence-electron chi connectivity index (χ3n) is 6.07. The molecule has 1 saturated heterocycles. The molecule has 0 bridgehead atoms. The van der Waals surface area contributed by atoms with Crippen molar-refractivity contribution in [2.75, 3.05) is 0 Å². The van der Waals surface area contributed by atoms with Gasteiger partial charge < -0.3 is 10.1 Å². The van der Waals surface area contributed by atoms with Crippen molar-refractivity contribution in [3.8, 4) is 0 Å². The number of cyclic esters (lactones) is 1. The first-order valence-corrected chi connectivity index (χ1v) is 10.4. The van der Waals surface area contributed by atoms with Crippen molar-refractivity contribution in [3.05, 3.63) is 71.8 Å². The van der Waals surface area contributed by atoms with E-state index in [9.17, 15) is 9.59 Å². The molecule has 0 aromatic heterocycles. The highest BCUT2D eigenvalue weighted by molar-refractivity contribution is 5.94. The van der Waals surface area contributed by atoms with Gasteiger partial charge in [0.05, 0.1) is 6.04 Å². The summed E-state index contributed by atoms with van der Waals surface area (Å²) in [5.74, 6) is -0.0297. The molecule has 1 heterocycles. The summed E-state index contributed by atoms with van der Waals surface area (Å²) in [5, 5.41) is 3.14. The summed E-state index contributed by atoms with van der Waals surface area (Å²) >= 11 is 0. The van der Waals surface area contributed by atoms with Gasteiger partial charge in [-0.3, -0.25) is 9.69 Å². The van der Waals surface area contributed by atoms with E-state index in [1.54, 1.807) is 0 Å². The van der Waals surface area contributed by atoms with E-state index in [1.165, 1.54) is 0 Å². The molecule has 5 nitrogen and oxygen atoms in total. The predicted octanol–water partition coefficient (Wildman–Crippen LogP) is 4.70. The lowest BCUT2D eigenvalue weighted by Crippen LogP contribution is -2.46. The van der Waals surface area contributed by atoms with Gasteiger partial charge in [0.1, 0.15) is 5.60 Å². The van der Waals surface area contributed by atoms with Crippen LogP contribution in [0.25, 0.3) is 0 Å². The van der Waals surface area contributed by atoms with E-state index in [1.807, 2.05) is 67.3 Å². The first-order chi connectivity index (χ1) is 14.0. The van der Waals surface area contributed by atoms with Crippen LogP contribution in [0, 0.1) is 0 Å². The van der Waals surface area contributed by atoms with Crippen LogP contribution in [0.5, 0.6) is 0 Å². The molecular formula is C24H28N2O3. The number of hydrogen-bond donors (Lipinski definition) is 1. The molecule has 1 aliphatic heterocycles. The van der Waals surface area contributed by atoms with Crippen LogP contribution in [-0.4, -0.2) is 34.6 Å². The summed E-state index contributed by atoms with van der Waals surface area (Å²) in [6.07, 6.45) is 3.19. The topological polar surface area (TPSA) is 58.6 Å². The fourth-order valence-electron chi connectivity index (χ4n) is 4.69. The second-order valence-electron chi connectivity index (χ2n) is 8.54. The smallest absolute Gasteiger partial charge is 0.411 e. The van der Waals surface area contributed by atoms with Gasteiger partial charge in [-0.1, -0.05) is 48.5 Å². The van der Waals surface area contributed by atoms with Gasteiger partial charge in [0, 0.05) is 17.6 Å². The van der Waals surface area contributed by atoms with Crippen LogP contribution in [0.1, 0.15) is 61.5 Å². The Morgan fingerprint density at radius 1 is 0.966 bits per heavy atom. The molecule has 0 unspecified atom stereocenters. The van der Waals surface area contributed by atoms with Gasteiger partial charge in [-0.25, -0.2) is 4.79 Å². The molecule has 1 atom stereocenters. The van der Waals surface area contributed by atoms with Crippen LogP contribution in [0.3, 0.4) is 0 Å². The molecule has 2 aromatic carbocycles. The van der Waals surface area contributed by atoms with Crippen LogP contribution in [0.2, 0.25) is 0 Å². The number of hydrogen-bond acceptors (Lipinski definition) is 3. The number of carbonyl (C=O) groups is 2. The molecule has 4 rings (SSSR count). The third kappa shape index (κ3) is 4.00. The highest BCUT2D eigenvalue weighted by Crippen LogP contribution is 2.44. The number of amides is 2. The summed E-state index contributed by atoms with van der Waals surface area (Å²) in [5.41, 5.74) is 1.21. The zero-order valence-corrected chi connectivity index (χ0v) is 17.0. The van der Waals surface area contributed by atoms with Crippen molar-refractivity contribution in [2.45, 2.75) is 63.3 Å². The average Bonchev–Trinajstić information content (AvgIpc) is 2.98. The van der Waals surface area contributed by atoms with E-state index in [4.69, 9.17) is 4.74 Å². The number of nitrogens with zero attached hydrogens (tertiary/aromatic N) is 1. The van der Waals surface area contributed by atoms with Crippen molar-refractivity contribution < 1.29 is 14.3 Å². The van der Waals surface area contributed by atoms with Gasteiger partial charge in [0.15, 0.2) is 0 Å². The summed E-state index contributed by atoms with van der Waals surface area (Å²) in [4.78, 5) is 27.1. The molecule has 1 N–H and O–H groups in total. The third-order valence-corrected chi connectivity index (χ3v) is 6.07. The lowest BCUT2D eigenvalue weighted by molar-refractivity contribution is 0.0663. The Balaban J connectivity index is 1.43. The summed E-state index contributed by atoms with van der Waals surface area (Å²) in [6, 6.07) is 19.6. The minimum Gasteiger partial charge on any atom is -0.441 e. The zero-order chi connectivity index (χ0) is 20.4. The van der Waals surface area contributed by atoms with E-state index in [2.05, 4.69) is 17.4 Å². The molecule has 5 heteroatoms. The molecule has 2 fully saturated rings. The molecule has 152 valence electrons. The van der Waals surface area contributed by atoms with Crippen molar-refractivity contribution in [2.24, 2.45) is 0 Å². The number of carbonyl (C=O) groups excluding carboxylic acids is 2. The van der Waals surface area contributed by atoms with Crippen molar-refractivity contribution >= 4 is 12.0 Å². The fraction of sp³-hybridized carbons (Fsp3) is 0.417. The van der Waals surface area contributed by atoms with Gasteiger partial charge in [0.2, 0.25) is 0 Å². The molecule has 2 aromatic rings.